The molecule has 0 spiro atoms. The number of H-pyrrole nitrogens is 1. The van der Waals surface area contributed by atoms with Crippen molar-refractivity contribution in [1.29, 1.82) is 0 Å². The van der Waals surface area contributed by atoms with E-state index in [1.54, 1.807) is 13.0 Å². The van der Waals surface area contributed by atoms with Crippen molar-refractivity contribution in [2.24, 2.45) is 0 Å². The van der Waals surface area contributed by atoms with E-state index in [1.807, 2.05) is 0 Å². The highest BCUT2D eigenvalue weighted by Gasteiger charge is 2.19. The average Bonchev–Trinajstić information content (AvgIpc) is 3.35. The van der Waals surface area contributed by atoms with E-state index in [4.69, 9.17) is 0 Å². The second kappa shape index (κ2) is 8.62. The average molecular weight is 428 g/mol. The lowest BCUT2D eigenvalue weighted by atomic mass is 10.1. The minimum absolute atomic E-state index is 0.207. The molecule has 0 unspecified atom stereocenters. The maximum atomic E-state index is 13.3. The maximum absolute atomic E-state index is 13.3. The molecule has 1 aromatic carbocycles. The third-order valence-corrected chi connectivity index (χ3v) is 5.94. The molecule has 1 fully saturated rings. The molecule has 10 heteroatoms. The van der Waals surface area contributed by atoms with E-state index in [9.17, 15) is 14.0 Å². The van der Waals surface area contributed by atoms with Crippen molar-refractivity contribution >= 4 is 40.0 Å². The van der Waals surface area contributed by atoms with Crippen molar-refractivity contribution in [3.63, 3.8) is 0 Å². The van der Waals surface area contributed by atoms with E-state index in [2.05, 4.69) is 30.7 Å². The molecule has 1 aliphatic heterocycles. The fraction of sp³-hybridized carbons (Fsp3) is 0.300. The molecular formula is C20H21FN6O2S. The zero-order valence-electron chi connectivity index (χ0n) is 16.4. The predicted octanol–water partition coefficient (Wildman–Crippen LogP) is 3.81. The van der Waals surface area contributed by atoms with E-state index < -0.39 is 11.7 Å². The van der Waals surface area contributed by atoms with Crippen LogP contribution in [-0.4, -0.2) is 40.1 Å². The van der Waals surface area contributed by atoms with Gasteiger partial charge in [0.2, 0.25) is 11.9 Å². The van der Waals surface area contributed by atoms with Gasteiger partial charge in [-0.3, -0.25) is 14.9 Å². The van der Waals surface area contributed by atoms with Crippen LogP contribution in [0.5, 0.6) is 0 Å². The molecule has 30 heavy (non-hydrogen) atoms. The summed E-state index contributed by atoms with van der Waals surface area (Å²) < 4.78 is 13.3. The van der Waals surface area contributed by atoms with Crippen molar-refractivity contribution in [1.82, 2.24) is 15.2 Å². The van der Waals surface area contributed by atoms with Crippen LogP contribution in [0.1, 0.15) is 44.9 Å². The van der Waals surface area contributed by atoms with Crippen molar-refractivity contribution in [2.45, 2.75) is 26.2 Å². The number of aryl methyl sites for hydroxylation is 1. The minimum atomic E-state index is -0.485. The number of piperidine rings is 1. The molecular weight excluding hydrogens is 407 g/mol. The summed E-state index contributed by atoms with van der Waals surface area (Å²) in [5.41, 5.74) is 0.918. The number of rotatable bonds is 5. The van der Waals surface area contributed by atoms with Crippen molar-refractivity contribution in [3.05, 3.63) is 52.2 Å². The first-order valence-corrected chi connectivity index (χ1v) is 10.5. The maximum Gasteiger partial charge on any atom is 0.268 e. The number of halogens is 1. The first-order chi connectivity index (χ1) is 14.5. The fourth-order valence-corrected chi connectivity index (χ4v) is 4.25. The summed E-state index contributed by atoms with van der Waals surface area (Å²) in [4.78, 5) is 31.9. The van der Waals surface area contributed by atoms with Gasteiger partial charge in [-0.05, 0) is 56.0 Å². The number of hydrogen-bond donors (Lipinski definition) is 3. The smallest absolute Gasteiger partial charge is 0.268 e. The van der Waals surface area contributed by atoms with Gasteiger partial charge < -0.3 is 10.2 Å². The number of carbonyl (C=O) groups excluding carboxylic acids is 2. The van der Waals surface area contributed by atoms with Crippen LogP contribution in [0, 0.1) is 12.7 Å². The Morgan fingerprint density at radius 3 is 2.70 bits per heavy atom. The zero-order valence-corrected chi connectivity index (χ0v) is 17.2. The van der Waals surface area contributed by atoms with Crippen molar-refractivity contribution in [2.75, 3.05) is 28.6 Å². The lowest BCUT2D eigenvalue weighted by Gasteiger charge is -2.24. The molecule has 0 radical (unpaired) electrons. The number of hydrogen-bond acceptors (Lipinski definition) is 6. The lowest BCUT2D eigenvalue weighted by Crippen LogP contribution is -2.30. The number of aromatic nitrogens is 3. The van der Waals surface area contributed by atoms with E-state index in [-0.39, 0.29) is 17.4 Å². The Bertz CT molecular complexity index is 1070. The van der Waals surface area contributed by atoms with Crippen molar-refractivity contribution < 1.29 is 14.0 Å². The third kappa shape index (κ3) is 4.48. The van der Waals surface area contributed by atoms with Crippen LogP contribution in [0.2, 0.25) is 0 Å². The topological polar surface area (TPSA) is 103 Å². The Morgan fingerprint density at radius 1 is 1.13 bits per heavy atom. The highest BCUT2D eigenvalue weighted by atomic mass is 32.1. The largest absolute Gasteiger partial charge is 0.340 e. The van der Waals surface area contributed by atoms with Gasteiger partial charge in [-0.25, -0.2) is 9.49 Å². The van der Waals surface area contributed by atoms with Gasteiger partial charge in [-0.2, -0.15) is 4.98 Å². The van der Waals surface area contributed by atoms with Gasteiger partial charge in [0.05, 0.1) is 9.88 Å². The van der Waals surface area contributed by atoms with Gasteiger partial charge in [0.25, 0.3) is 11.8 Å². The van der Waals surface area contributed by atoms with Gasteiger partial charge in [0, 0.05) is 18.7 Å². The standard InChI is InChI=1S/C20H21FN6O2S/c1-12-10-15(22-17(28)13-6-5-7-14(21)11-13)30-16(12)18(29)23-19-24-20(26-25-19)27-8-3-2-4-9-27/h5-7,10-11H,2-4,8-9H2,1H3,(H,22,28)(H2,23,24,25,26,29). The molecule has 2 amide bonds. The first-order valence-electron chi connectivity index (χ1n) is 9.65. The van der Waals surface area contributed by atoms with Crippen LogP contribution < -0.4 is 15.5 Å². The molecule has 3 heterocycles. The van der Waals surface area contributed by atoms with Crippen molar-refractivity contribution in [3.8, 4) is 0 Å². The molecule has 3 N–H and O–H groups in total. The molecule has 8 nitrogen and oxygen atoms in total. The quantitative estimate of drug-likeness (QED) is 0.573. The fourth-order valence-electron chi connectivity index (χ4n) is 3.29. The summed E-state index contributed by atoms with van der Waals surface area (Å²) >= 11 is 1.14. The summed E-state index contributed by atoms with van der Waals surface area (Å²) in [6, 6.07) is 7.13. The van der Waals surface area contributed by atoms with Gasteiger partial charge >= 0.3 is 0 Å². The van der Waals surface area contributed by atoms with E-state index in [1.165, 1.54) is 24.6 Å². The Balaban J connectivity index is 1.42. The summed E-state index contributed by atoms with van der Waals surface area (Å²) in [6.07, 6.45) is 3.42. The molecule has 2 aromatic heterocycles. The van der Waals surface area contributed by atoms with Gasteiger partial charge in [-0.1, -0.05) is 6.07 Å². The number of amides is 2. The molecule has 1 aliphatic rings. The molecule has 1 saturated heterocycles. The molecule has 0 atom stereocenters. The van der Waals surface area contributed by atoms with Gasteiger partial charge in [0.15, 0.2) is 0 Å². The number of aromatic amines is 1. The number of thiophene rings is 1. The minimum Gasteiger partial charge on any atom is -0.340 e. The first kappa shape index (κ1) is 20.0. The molecule has 156 valence electrons. The van der Waals surface area contributed by atoms with Crippen LogP contribution in [-0.2, 0) is 0 Å². The van der Waals surface area contributed by atoms with Gasteiger partial charge in [0.1, 0.15) is 5.82 Å². The normalized spacial score (nSPS) is 13.9. The number of nitrogens with one attached hydrogen (secondary N) is 3. The zero-order chi connectivity index (χ0) is 21.1. The van der Waals surface area contributed by atoms with E-state index in [0.29, 0.717) is 21.4 Å². The monoisotopic (exact) mass is 428 g/mol. The molecule has 0 saturated carbocycles. The van der Waals surface area contributed by atoms with E-state index >= 15 is 0 Å². The number of carbonyl (C=O) groups is 2. The van der Waals surface area contributed by atoms with Crippen LogP contribution in [0.25, 0.3) is 0 Å². The molecule has 0 bridgehead atoms. The highest BCUT2D eigenvalue weighted by molar-refractivity contribution is 7.18. The Kier molecular flexibility index (Phi) is 5.75. The number of anilines is 3. The Hall–Kier alpha value is -3.27. The third-order valence-electron chi connectivity index (χ3n) is 4.79. The van der Waals surface area contributed by atoms with Crippen LogP contribution in [0.4, 0.5) is 21.3 Å². The van der Waals surface area contributed by atoms with E-state index in [0.717, 1.165) is 43.3 Å². The second-order valence-corrected chi connectivity index (χ2v) is 8.13. The lowest BCUT2D eigenvalue weighted by molar-refractivity contribution is 0.101. The number of benzene rings is 1. The second-order valence-electron chi connectivity index (χ2n) is 7.07. The van der Waals surface area contributed by atoms with Crippen LogP contribution in [0.3, 0.4) is 0 Å². The highest BCUT2D eigenvalue weighted by Crippen LogP contribution is 2.28. The summed E-state index contributed by atoms with van der Waals surface area (Å²) in [5.74, 6) is -0.412. The van der Waals surface area contributed by atoms with Crippen LogP contribution in [0.15, 0.2) is 30.3 Å². The summed E-state index contributed by atoms with van der Waals surface area (Å²) in [7, 11) is 0. The SMILES string of the molecule is Cc1cc(NC(=O)c2cccc(F)c2)sc1C(=O)Nc1nc(N2CCCCC2)n[nH]1. The summed E-state index contributed by atoms with van der Waals surface area (Å²) in [6.45, 7) is 3.59. The molecule has 3 aromatic rings. The molecule has 0 aliphatic carbocycles. The Labute approximate surface area is 176 Å². The predicted molar refractivity (Wildman–Crippen MR) is 114 cm³/mol. The number of nitrogens with zero attached hydrogens (tertiary/aromatic N) is 3. The van der Waals surface area contributed by atoms with Crippen LogP contribution >= 0.6 is 11.3 Å². The molecule has 4 rings (SSSR count). The summed E-state index contributed by atoms with van der Waals surface area (Å²) in [5, 5.41) is 12.9. The van der Waals surface area contributed by atoms with Gasteiger partial charge in [-0.15, -0.1) is 16.4 Å². The Morgan fingerprint density at radius 2 is 1.93 bits per heavy atom.